The summed E-state index contributed by atoms with van der Waals surface area (Å²) in [7, 11) is 0. The molecule has 1 atom stereocenters. The van der Waals surface area contributed by atoms with Gasteiger partial charge >= 0.3 is 0 Å². The number of amides is 1. The summed E-state index contributed by atoms with van der Waals surface area (Å²) >= 11 is 0. The second kappa shape index (κ2) is 6.34. The normalized spacial score (nSPS) is 12.2. The SMILES string of the molecule is Cc1cccc(NC(=O)CNC(C)c2ncc(C)o2)c1. The van der Waals surface area contributed by atoms with E-state index in [0.29, 0.717) is 5.89 Å². The van der Waals surface area contributed by atoms with Crippen molar-refractivity contribution in [3.8, 4) is 0 Å². The largest absolute Gasteiger partial charge is 0.444 e. The van der Waals surface area contributed by atoms with Gasteiger partial charge in [-0.15, -0.1) is 0 Å². The van der Waals surface area contributed by atoms with Crippen molar-refractivity contribution < 1.29 is 9.21 Å². The van der Waals surface area contributed by atoms with E-state index in [9.17, 15) is 4.79 Å². The van der Waals surface area contributed by atoms with Crippen LogP contribution in [-0.4, -0.2) is 17.4 Å². The van der Waals surface area contributed by atoms with Crippen LogP contribution in [0.4, 0.5) is 5.69 Å². The van der Waals surface area contributed by atoms with Crippen molar-refractivity contribution in [2.45, 2.75) is 26.8 Å². The van der Waals surface area contributed by atoms with Crippen LogP contribution in [0, 0.1) is 13.8 Å². The Morgan fingerprint density at radius 3 is 2.85 bits per heavy atom. The van der Waals surface area contributed by atoms with Crippen LogP contribution in [0.1, 0.15) is 30.2 Å². The van der Waals surface area contributed by atoms with E-state index in [1.807, 2.05) is 45.0 Å². The molecule has 1 amide bonds. The van der Waals surface area contributed by atoms with Gasteiger partial charge in [0.1, 0.15) is 5.76 Å². The van der Waals surface area contributed by atoms with Gasteiger partial charge < -0.3 is 9.73 Å². The van der Waals surface area contributed by atoms with Crippen molar-refractivity contribution in [1.82, 2.24) is 10.3 Å². The number of nitrogens with zero attached hydrogens (tertiary/aromatic N) is 1. The Kier molecular flexibility index (Phi) is 4.53. The molecule has 1 aromatic carbocycles. The smallest absolute Gasteiger partial charge is 0.238 e. The molecule has 2 N–H and O–H groups in total. The predicted molar refractivity (Wildman–Crippen MR) is 77.5 cm³/mol. The lowest BCUT2D eigenvalue weighted by Crippen LogP contribution is -2.30. The van der Waals surface area contributed by atoms with Gasteiger partial charge in [0.05, 0.1) is 18.8 Å². The molecule has 0 aliphatic carbocycles. The standard InChI is InChI=1S/C15H19N3O2/c1-10-5-4-6-13(7-10)18-14(19)9-16-12(3)15-17-8-11(2)20-15/h4-8,12,16H,9H2,1-3H3,(H,18,19). The second-order valence-electron chi connectivity index (χ2n) is 4.83. The van der Waals surface area contributed by atoms with Gasteiger partial charge in [0, 0.05) is 5.69 Å². The molecule has 2 rings (SSSR count). The summed E-state index contributed by atoms with van der Waals surface area (Å²) in [6.07, 6.45) is 1.67. The Balaban J connectivity index is 1.83. The van der Waals surface area contributed by atoms with Gasteiger partial charge in [-0.05, 0) is 38.5 Å². The van der Waals surface area contributed by atoms with Gasteiger partial charge in [-0.3, -0.25) is 10.1 Å². The number of aromatic nitrogens is 1. The lowest BCUT2D eigenvalue weighted by molar-refractivity contribution is -0.115. The van der Waals surface area contributed by atoms with E-state index in [1.54, 1.807) is 6.20 Å². The highest BCUT2D eigenvalue weighted by atomic mass is 16.4. The van der Waals surface area contributed by atoms with E-state index in [0.717, 1.165) is 17.0 Å². The zero-order valence-corrected chi connectivity index (χ0v) is 11.9. The number of nitrogens with one attached hydrogen (secondary N) is 2. The third kappa shape index (κ3) is 3.93. The number of aryl methyl sites for hydroxylation is 2. The Bertz CT molecular complexity index is 592. The highest BCUT2D eigenvalue weighted by Gasteiger charge is 2.12. The van der Waals surface area contributed by atoms with Gasteiger partial charge in [-0.25, -0.2) is 4.98 Å². The molecular weight excluding hydrogens is 254 g/mol. The van der Waals surface area contributed by atoms with Crippen molar-refractivity contribution in [3.05, 3.63) is 47.7 Å². The third-order valence-electron chi connectivity index (χ3n) is 2.88. The first-order valence-electron chi connectivity index (χ1n) is 6.57. The Hall–Kier alpha value is -2.14. The summed E-state index contributed by atoms with van der Waals surface area (Å²) in [6.45, 7) is 5.94. The van der Waals surface area contributed by atoms with E-state index in [-0.39, 0.29) is 18.5 Å². The lowest BCUT2D eigenvalue weighted by atomic mass is 10.2. The van der Waals surface area contributed by atoms with Crippen LogP contribution in [0.3, 0.4) is 0 Å². The summed E-state index contributed by atoms with van der Waals surface area (Å²) in [4.78, 5) is 16.0. The van der Waals surface area contributed by atoms with Crippen molar-refractivity contribution in [2.24, 2.45) is 0 Å². The molecule has 20 heavy (non-hydrogen) atoms. The molecule has 1 aromatic heterocycles. The average Bonchev–Trinajstić information content (AvgIpc) is 2.83. The topological polar surface area (TPSA) is 67.2 Å². The molecule has 0 fully saturated rings. The molecule has 1 heterocycles. The fourth-order valence-corrected chi connectivity index (χ4v) is 1.83. The molecule has 2 aromatic rings. The molecule has 0 saturated carbocycles. The van der Waals surface area contributed by atoms with Crippen LogP contribution in [0.5, 0.6) is 0 Å². The van der Waals surface area contributed by atoms with Crippen LogP contribution in [-0.2, 0) is 4.79 Å². The fourth-order valence-electron chi connectivity index (χ4n) is 1.83. The first-order chi connectivity index (χ1) is 9.54. The Morgan fingerprint density at radius 1 is 1.40 bits per heavy atom. The predicted octanol–water partition coefficient (Wildman–Crippen LogP) is 2.58. The first kappa shape index (κ1) is 14.3. The molecule has 1 unspecified atom stereocenters. The minimum atomic E-state index is -0.105. The number of benzene rings is 1. The number of carbonyl (C=O) groups excluding carboxylic acids is 1. The quantitative estimate of drug-likeness (QED) is 0.878. The molecule has 106 valence electrons. The number of anilines is 1. The summed E-state index contributed by atoms with van der Waals surface area (Å²) in [6, 6.07) is 7.59. The second-order valence-corrected chi connectivity index (χ2v) is 4.83. The van der Waals surface area contributed by atoms with Crippen LogP contribution in [0.2, 0.25) is 0 Å². The fraction of sp³-hybridized carbons (Fsp3) is 0.333. The number of carbonyl (C=O) groups is 1. The van der Waals surface area contributed by atoms with E-state index in [4.69, 9.17) is 4.42 Å². The number of hydrogen-bond donors (Lipinski definition) is 2. The maximum Gasteiger partial charge on any atom is 0.238 e. The number of hydrogen-bond acceptors (Lipinski definition) is 4. The van der Waals surface area contributed by atoms with E-state index < -0.39 is 0 Å². The number of oxazole rings is 1. The molecular formula is C15H19N3O2. The molecule has 0 radical (unpaired) electrons. The van der Waals surface area contributed by atoms with Gasteiger partial charge in [0.25, 0.3) is 0 Å². The lowest BCUT2D eigenvalue weighted by Gasteiger charge is -2.10. The van der Waals surface area contributed by atoms with Crippen molar-refractivity contribution in [2.75, 3.05) is 11.9 Å². The number of rotatable bonds is 5. The zero-order chi connectivity index (χ0) is 14.5. The van der Waals surface area contributed by atoms with E-state index in [1.165, 1.54) is 0 Å². The van der Waals surface area contributed by atoms with Gasteiger partial charge in [0.2, 0.25) is 11.8 Å². The first-order valence-corrected chi connectivity index (χ1v) is 6.57. The van der Waals surface area contributed by atoms with Gasteiger partial charge in [-0.1, -0.05) is 12.1 Å². The van der Waals surface area contributed by atoms with Crippen molar-refractivity contribution in [1.29, 1.82) is 0 Å². The maximum atomic E-state index is 11.8. The highest BCUT2D eigenvalue weighted by Crippen LogP contribution is 2.12. The van der Waals surface area contributed by atoms with Crippen LogP contribution in [0.15, 0.2) is 34.9 Å². The summed E-state index contributed by atoms with van der Waals surface area (Å²) in [5, 5.41) is 5.92. The minimum absolute atomic E-state index is 0.0919. The molecule has 0 aliphatic heterocycles. The third-order valence-corrected chi connectivity index (χ3v) is 2.88. The van der Waals surface area contributed by atoms with Crippen LogP contribution in [0.25, 0.3) is 0 Å². The molecule has 5 nitrogen and oxygen atoms in total. The highest BCUT2D eigenvalue weighted by molar-refractivity contribution is 5.92. The van der Waals surface area contributed by atoms with E-state index >= 15 is 0 Å². The average molecular weight is 273 g/mol. The summed E-state index contributed by atoms with van der Waals surface area (Å²) in [5.74, 6) is 1.26. The summed E-state index contributed by atoms with van der Waals surface area (Å²) in [5.41, 5.74) is 1.91. The Morgan fingerprint density at radius 2 is 2.20 bits per heavy atom. The molecule has 0 saturated heterocycles. The van der Waals surface area contributed by atoms with Gasteiger partial charge in [-0.2, -0.15) is 0 Å². The monoisotopic (exact) mass is 273 g/mol. The van der Waals surface area contributed by atoms with Crippen LogP contribution < -0.4 is 10.6 Å². The van der Waals surface area contributed by atoms with Crippen molar-refractivity contribution >= 4 is 11.6 Å². The minimum Gasteiger partial charge on any atom is -0.444 e. The van der Waals surface area contributed by atoms with Crippen molar-refractivity contribution in [3.63, 3.8) is 0 Å². The summed E-state index contributed by atoms with van der Waals surface area (Å²) < 4.78 is 5.41. The molecule has 0 bridgehead atoms. The zero-order valence-electron chi connectivity index (χ0n) is 11.9. The van der Waals surface area contributed by atoms with Crippen LogP contribution >= 0.6 is 0 Å². The molecule has 0 spiro atoms. The maximum absolute atomic E-state index is 11.8. The Labute approximate surface area is 118 Å². The molecule has 5 heteroatoms. The van der Waals surface area contributed by atoms with E-state index in [2.05, 4.69) is 15.6 Å². The molecule has 0 aliphatic rings. The van der Waals surface area contributed by atoms with Gasteiger partial charge in [0.15, 0.2) is 0 Å².